The molecule has 0 aromatic rings. The zero-order valence-electron chi connectivity index (χ0n) is 9.24. The number of hydrogen-bond donors (Lipinski definition) is 3. The predicted octanol–water partition coefficient (Wildman–Crippen LogP) is 0.535. The van der Waals surface area contributed by atoms with Crippen LogP contribution in [0.1, 0.15) is 44.9 Å². The summed E-state index contributed by atoms with van der Waals surface area (Å²) in [6.45, 7) is 0.638. The SMILES string of the molecule is NCCCCC(=O)NC1CCCCC1O. The van der Waals surface area contributed by atoms with Gasteiger partial charge < -0.3 is 16.2 Å². The van der Waals surface area contributed by atoms with E-state index in [4.69, 9.17) is 5.73 Å². The summed E-state index contributed by atoms with van der Waals surface area (Å²) in [5.41, 5.74) is 5.35. The number of aliphatic hydroxyl groups is 1. The van der Waals surface area contributed by atoms with Crippen molar-refractivity contribution in [1.29, 1.82) is 0 Å². The van der Waals surface area contributed by atoms with Crippen LogP contribution in [0, 0.1) is 0 Å². The van der Waals surface area contributed by atoms with Crippen molar-refractivity contribution in [2.75, 3.05) is 6.54 Å². The summed E-state index contributed by atoms with van der Waals surface area (Å²) in [5.74, 6) is 0.0504. The topological polar surface area (TPSA) is 75.4 Å². The third kappa shape index (κ3) is 4.62. The number of amides is 1. The molecule has 0 radical (unpaired) electrons. The zero-order chi connectivity index (χ0) is 11.1. The summed E-state index contributed by atoms with van der Waals surface area (Å²) in [7, 11) is 0. The van der Waals surface area contributed by atoms with Crippen molar-refractivity contribution in [3.05, 3.63) is 0 Å². The second-order valence-corrected chi connectivity index (χ2v) is 4.27. The highest BCUT2D eigenvalue weighted by Crippen LogP contribution is 2.18. The molecule has 88 valence electrons. The minimum atomic E-state index is -0.350. The highest BCUT2D eigenvalue weighted by molar-refractivity contribution is 5.76. The van der Waals surface area contributed by atoms with Crippen LogP contribution in [-0.2, 0) is 4.79 Å². The van der Waals surface area contributed by atoms with Crippen LogP contribution in [0.5, 0.6) is 0 Å². The Labute approximate surface area is 91.2 Å². The Hall–Kier alpha value is -0.610. The van der Waals surface area contributed by atoms with E-state index in [9.17, 15) is 9.90 Å². The van der Waals surface area contributed by atoms with Gasteiger partial charge in [0.25, 0.3) is 0 Å². The second-order valence-electron chi connectivity index (χ2n) is 4.27. The molecule has 0 bridgehead atoms. The number of carbonyl (C=O) groups is 1. The lowest BCUT2D eigenvalue weighted by atomic mass is 9.92. The summed E-state index contributed by atoms with van der Waals surface area (Å²) in [6.07, 6.45) is 5.80. The Morgan fingerprint density at radius 1 is 1.33 bits per heavy atom. The fourth-order valence-electron chi connectivity index (χ4n) is 1.99. The monoisotopic (exact) mass is 214 g/mol. The lowest BCUT2D eigenvalue weighted by Gasteiger charge is -2.28. The molecule has 0 heterocycles. The largest absolute Gasteiger partial charge is 0.391 e. The summed E-state index contributed by atoms with van der Waals surface area (Å²) in [4.78, 5) is 11.5. The van der Waals surface area contributed by atoms with E-state index in [1.54, 1.807) is 0 Å². The molecule has 0 aromatic heterocycles. The maximum atomic E-state index is 11.5. The van der Waals surface area contributed by atoms with Crippen molar-refractivity contribution in [3.63, 3.8) is 0 Å². The fraction of sp³-hybridized carbons (Fsp3) is 0.909. The minimum Gasteiger partial charge on any atom is -0.391 e. The number of unbranched alkanes of at least 4 members (excludes halogenated alkanes) is 1. The van der Waals surface area contributed by atoms with Gasteiger partial charge in [-0.25, -0.2) is 0 Å². The molecule has 4 nitrogen and oxygen atoms in total. The highest BCUT2D eigenvalue weighted by atomic mass is 16.3. The van der Waals surface area contributed by atoms with Crippen molar-refractivity contribution in [2.45, 2.75) is 57.1 Å². The summed E-state index contributed by atoms with van der Waals surface area (Å²) in [5, 5.41) is 12.6. The van der Waals surface area contributed by atoms with Crippen molar-refractivity contribution < 1.29 is 9.90 Å². The molecule has 0 spiro atoms. The molecule has 0 aromatic carbocycles. The van der Waals surface area contributed by atoms with Gasteiger partial charge in [-0.3, -0.25) is 4.79 Å². The van der Waals surface area contributed by atoms with Gasteiger partial charge in [0, 0.05) is 6.42 Å². The Kier molecular flexibility index (Phi) is 5.65. The zero-order valence-corrected chi connectivity index (χ0v) is 9.24. The molecule has 4 heteroatoms. The van der Waals surface area contributed by atoms with Gasteiger partial charge in [-0.1, -0.05) is 12.8 Å². The number of rotatable bonds is 5. The van der Waals surface area contributed by atoms with Crippen molar-refractivity contribution in [2.24, 2.45) is 5.73 Å². The highest BCUT2D eigenvalue weighted by Gasteiger charge is 2.23. The van der Waals surface area contributed by atoms with Crippen molar-refractivity contribution >= 4 is 5.91 Å². The molecule has 0 saturated heterocycles. The van der Waals surface area contributed by atoms with E-state index in [0.717, 1.165) is 38.5 Å². The molecule has 1 fully saturated rings. The first-order chi connectivity index (χ1) is 7.24. The standard InChI is InChI=1S/C11H22N2O2/c12-8-4-3-7-11(15)13-9-5-1-2-6-10(9)14/h9-10,14H,1-8,12H2,(H,13,15). The quantitative estimate of drug-likeness (QED) is 0.584. The molecule has 1 aliphatic carbocycles. The molecule has 1 amide bonds. The molecule has 1 rings (SSSR count). The smallest absolute Gasteiger partial charge is 0.220 e. The van der Waals surface area contributed by atoms with Crippen LogP contribution in [0.2, 0.25) is 0 Å². The third-order valence-electron chi connectivity index (χ3n) is 2.93. The van der Waals surface area contributed by atoms with E-state index < -0.39 is 0 Å². The van der Waals surface area contributed by atoms with E-state index in [1.165, 1.54) is 0 Å². The summed E-state index contributed by atoms with van der Waals surface area (Å²) < 4.78 is 0. The molecule has 1 saturated carbocycles. The molecule has 4 N–H and O–H groups in total. The van der Waals surface area contributed by atoms with E-state index in [-0.39, 0.29) is 18.1 Å². The van der Waals surface area contributed by atoms with E-state index in [1.807, 2.05) is 0 Å². The average molecular weight is 214 g/mol. The molecular weight excluding hydrogens is 192 g/mol. The molecule has 2 atom stereocenters. The molecule has 2 unspecified atom stereocenters. The van der Waals surface area contributed by atoms with Gasteiger partial charge in [-0.15, -0.1) is 0 Å². The number of nitrogens with two attached hydrogens (primary N) is 1. The van der Waals surface area contributed by atoms with Gasteiger partial charge in [0.1, 0.15) is 0 Å². The maximum Gasteiger partial charge on any atom is 0.220 e. The summed E-state index contributed by atoms with van der Waals surface area (Å²) >= 11 is 0. The lowest BCUT2D eigenvalue weighted by molar-refractivity contribution is -0.123. The minimum absolute atomic E-state index is 0.0240. The Morgan fingerprint density at radius 3 is 2.73 bits per heavy atom. The van der Waals surface area contributed by atoms with Gasteiger partial charge in [0.05, 0.1) is 12.1 Å². The Morgan fingerprint density at radius 2 is 2.07 bits per heavy atom. The van der Waals surface area contributed by atoms with Crippen molar-refractivity contribution in [3.8, 4) is 0 Å². The average Bonchev–Trinajstić information content (AvgIpc) is 2.22. The Balaban J connectivity index is 2.18. The van der Waals surface area contributed by atoms with Gasteiger partial charge in [0.2, 0.25) is 5.91 Å². The third-order valence-corrected chi connectivity index (χ3v) is 2.93. The number of hydrogen-bond acceptors (Lipinski definition) is 3. The van der Waals surface area contributed by atoms with Crippen LogP contribution in [0.15, 0.2) is 0 Å². The molecule has 1 aliphatic rings. The van der Waals surface area contributed by atoms with Crippen LogP contribution in [-0.4, -0.2) is 29.7 Å². The number of nitrogens with one attached hydrogen (secondary N) is 1. The predicted molar refractivity (Wildman–Crippen MR) is 59.3 cm³/mol. The van der Waals surface area contributed by atoms with Crippen molar-refractivity contribution in [1.82, 2.24) is 5.32 Å². The van der Waals surface area contributed by atoms with E-state index in [2.05, 4.69) is 5.32 Å². The van der Waals surface area contributed by atoms with Gasteiger partial charge >= 0.3 is 0 Å². The van der Waals surface area contributed by atoms with Gasteiger partial charge in [-0.05, 0) is 32.2 Å². The van der Waals surface area contributed by atoms with Gasteiger partial charge in [0.15, 0.2) is 0 Å². The van der Waals surface area contributed by atoms with Gasteiger partial charge in [-0.2, -0.15) is 0 Å². The maximum absolute atomic E-state index is 11.5. The first-order valence-corrected chi connectivity index (χ1v) is 5.91. The molecular formula is C11H22N2O2. The number of aliphatic hydroxyl groups excluding tert-OH is 1. The lowest BCUT2D eigenvalue weighted by Crippen LogP contribution is -2.45. The van der Waals surface area contributed by atoms with Crippen LogP contribution >= 0.6 is 0 Å². The van der Waals surface area contributed by atoms with E-state index in [0.29, 0.717) is 13.0 Å². The summed E-state index contributed by atoms with van der Waals surface area (Å²) in [6, 6.07) is -0.0240. The van der Waals surface area contributed by atoms with Crippen LogP contribution < -0.4 is 11.1 Å². The van der Waals surface area contributed by atoms with Crippen LogP contribution in [0.3, 0.4) is 0 Å². The molecule has 15 heavy (non-hydrogen) atoms. The first kappa shape index (κ1) is 12.5. The molecule has 0 aliphatic heterocycles. The fourth-order valence-corrected chi connectivity index (χ4v) is 1.99. The normalized spacial score (nSPS) is 26.3. The van der Waals surface area contributed by atoms with E-state index >= 15 is 0 Å². The first-order valence-electron chi connectivity index (χ1n) is 5.91. The van der Waals surface area contributed by atoms with Crippen LogP contribution in [0.4, 0.5) is 0 Å². The number of carbonyl (C=O) groups excluding carboxylic acids is 1. The second kappa shape index (κ2) is 6.80. The Bertz CT molecular complexity index is 197. The van der Waals surface area contributed by atoms with Crippen LogP contribution in [0.25, 0.3) is 0 Å².